The highest BCUT2D eigenvalue weighted by Gasteiger charge is 2.11. The van der Waals surface area contributed by atoms with E-state index in [0.29, 0.717) is 5.75 Å². The minimum atomic E-state index is -0.994. The maximum atomic E-state index is 10.9. The molecule has 1 unspecified atom stereocenters. The van der Waals surface area contributed by atoms with E-state index in [0.717, 1.165) is 11.3 Å². The van der Waals surface area contributed by atoms with Crippen LogP contribution in [0.25, 0.3) is 0 Å². The number of aromatic nitrogens is 1. The molecular formula is C11H15NO3S. The predicted molar refractivity (Wildman–Crippen MR) is 63.6 cm³/mol. The fourth-order valence-corrected chi connectivity index (χ4v) is 2.25. The monoisotopic (exact) mass is 241 g/mol. The molecule has 0 fully saturated rings. The van der Waals surface area contributed by atoms with E-state index in [1.54, 1.807) is 23.9 Å². The van der Waals surface area contributed by atoms with Crippen LogP contribution in [0.4, 0.5) is 0 Å². The van der Waals surface area contributed by atoms with E-state index in [2.05, 4.69) is 4.98 Å². The number of thioether (sulfide) groups is 1. The third kappa shape index (κ3) is 3.83. The molecule has 2 N–H and O–H groups in total. The van der Waals surface area contributed by atoms with Gasteiger partial charge in [0.1, 0.15) is 0 Å². The van der Waals surface area contributed by atoms with Gasteiger partial charge in [0.15, 0.2) is 5.69 Å². The van der Waals surface area contributed by atoms with E-state index in [1.807, 2.05) is 6.92 Å². The molecular weight excluding hydrogens is 226 g/mol. The van der Waals surface area contributed by atoms with Gasteiger partial charge in [-0.05, 0) is 23.3 Å². The molecule has 0 aromatic carbocycles. The lowest BCUT2D eigenvalue weighted by molar-refractivity contribution is 0.0689. The van der Waals surface area contributed by atoms with Gasteiger partial charge >= 0.3 is 5.97 Å². The SMILES string of the molecule is CC(CO)CSCc1cccnc1C(=O)O. The Kier molecular flexibility index (Phi) is 5.28. The quantitative estimate of drug-likeness (QED) is 0.792. The van der Waals surface area contributed by atoms with E-state index in [4.69, 9.17) is 10.2 Å². The van der Waals surface area contributed by atoms with Crippen LogP contribution >= 0.6 is 11.8 Å². The van der Waals surface area contributed by atoms with Gasteiger partial charge in [0.25, 0.3) is 0 Å². The third-order valence-electron chi connectivity index (χ3n) is 2.07. The summed E-state index contributed by atoms with van der Waals surface area (Å²) < 4.78 is 0. The number of hydrogen-bond donors (Lipinski definition) is 2. The molecule has 0 bridgehead atoms. The highest BCUT2D eigenvalue weighted by molar-refractivity contribution is 7.98. The minimum Gasteiger partial charge on any atom is -0.477 e. The second-order valence-electron chi connectivity index (χ2n) is 3.62. The Morgan fingerprint density at radius 1 is 1.62 bits per heavy atom. The maximum Gasteiger partial charge on any atom is 0.354 e. The predicted octanol–water partition coefficient (Wildman–Crippen LogP) is 1.64. The lowest BCUT2D eigenvalue weighted by atomic mass is 10.2. The number of rotatable bonds is 6. The van der Waals surface area contributed by atoms with Crippen LogP contribution in [0.5, 0.6) is 0 Å². The van der Waals surface area contributed by atoms with Crippen LogP contribution in [-0.4, -0.2) is 33.5 Å². The van der Waals surface area contributed by atoms with Gasteiger partial charge in [-0.15, -0.1) is 0 Å². The van der Waals surface area contributed by atoms with Gasteiger partial charge in [-0.25, -0.2) is 9.78 Å². The molecule has 1 rings (SSSR count). The summed E-state index contributed by atoms with van der Waals surface area (Å²) in [6.45, 7) is 2.11. The first-order valence-electron chi connectivity index (χ1n) is 5.01. The number of pyridine rings is 1. The summed E-state index contributed by atoms with van der Waals surface area (Å²) in [4.78, 5) is 14.7. The van der Waals surface area contributed by atoms with Crippen molar-refractivity contribution in [2.75, 3.05) is 12.4 Å². The van der Waals surface area contributed by atoms with Crippen LogP contribution < -0.4 is 0 Å². The topological polar surface area (TPSA) is 70.4 Å². The summed E-state index contributed by atoms with van der Waals surface area (Å²) in [5.41, 5.74) is 0.844. The number of carboxylic acid groups (broad SMARTS) is 1. The van der Waals surface area contributed by atoms with Crippen molar-refractivity contribution in [3.8, 4) is 0 Å². The number of aliphatic hydroxyl groups is 1. The van der Waals surface area contributed by atoms with Crippen molar-refractivity contribution in [2.24, 2.45) is 5.92 Å². The number of carboxylic acids is 1. The Hall–Kier alpha value is -1.07. The smallest absolute Gasteiger partial charge is 0.354 e. The highest BCUT2D eigenvalue weighted by atomic mass is 32.2. The number of aromatic carboxylic acids is 1. The van der Waals surface area contributed by atoms with Crippen LogP contribution in [0.1, 0.15) is 23.0 Å². The first-order chi connectivity index (χ1) is 7.65. The summed E-state index contributed by atoms with van der Waals surface area (Å²) >= 11 is 1.61. The van der Waals surface area contributed by atoms with Gasteiger partial charge in [-0.3, -0.25) is 0 Å². The third-order valence-corrected chi connectivity index (χ3v) is 3.39. The van der Waals surface area contributed by atoms with Gasteiger partial charge in [0.05, 0.1) is 0 Å². The zero-order chi connectivity index (χ0) is 12.0. The van der Waals surface area contributed by atoms with E-state index < -0.39 is 5.97 Å². The van der Waals surface area contributed by atoms with E-state index in [1.165, 1.54) is 6.20 Å². The number of hydrogen-bond acceptors (Lipinski definition) is 4. The van der Waals surface area contributed by atoms with Crippen LogP contribution in [0.3, 0.4) is 0 Å². The van der Waals surface area contributed by atoms with Crippen molar-refractivity contribution in [2.45, 2.75) is 12.7 Å². The van der Waals surface area contributed by atoms with Crippen molar-refractivity contribution in [1.82, 2.24) is 4.98 Å². The largest absolute Gasteiger partial charge is 0.477 e. The van der Waals surface area contributed by atoms with Crippen LogP contribution in [-0.2, 0) is 5.75 Å². The summed E-state index contributed by atoms with van der Waals surface area (Å²) in [6, 6.07) is 3.50. The van der Waals surface area contributed by atoms with Crippen molar-refractivity contribution in [3.63, 3.8) is 0 Å². The molecule has 4 nitrogen and oxygen atoms in total. The molecule has 0 saturated carbocycles. The fraction of sp³-hybridized carbons (Fsp3) is 0.455. The summed E-state index contributed by atoms with van der Waals surface area (Å²) in [7, 11) is 0. The van der Waals surface area contributed by atoms with Crippen molar-refractivity contribution in [1.29, 1.82) is 0 Å². The molecule has 0 spiro atoms. The average Bonchev–Trinajstić information content (AvgIpc) is 2.29. The molecule has 0 radical (unpaired) electrons. The second kappa shape index (κ2) is 6.50. The maximum absolute atomic E-state index is 10.9. The molecule has 1 atom stereocenters. The zero-order valence-electron chi connectivity index (χ0n) is 9.09. The standard InChI is InChI=1S/C11H15NO3S/c1-8(5-13)6-16-7-9-3-2-4-12-10(9)11(14)15/h2-4,8,13H,5-7H2,1H3,(H,14,15). The Morgan fingerprint density at radius 3 is 3.00 bits per heavy atom. The molecule has 1 aromatic rings. The van der Waals surface area contributed by atoms with E-state index in [9.17, 15) is 4.79 Å². The Morgan fingerprint density at radius 2 is 2.38 bits per heavy atom. The van der Waals surface area contributed by atoms with Crippen LogP contribution in [0, 0.1) is 5.92 Å². The first kappa shape index (κ1) is 13.0. The van der Waals surface area contributed by atoms with Crippen molar-refractivity contribution in [3.05, 3.63) is 29.6 Å². The Bertz CT molecular complexity index is 357. The highest BCUT2D eigenvalue weighted by Crippen LogP contribution is 2.17. The molecule has 0 aliphatic carbocycles. The van der Waals surface area contributed by atoms with Crippen LogP contribution in [0.15, 0.2) is 18.3 Å². The average molecular weight is 241 g/mol. The fourth-order valence-electron chi connectivity index (χ4n) is 1.17. The number of aliphatic hydroxyl groups excluding tert-OH is 1. The van der Waals surface area contributed by atoms with Crippen molar-refractivity contribution >= 4 is 17.7 Å². The van der Waals surface area contributed by atoms with Gasteiger partial charge in [-0.1, -0.05) is 13.0 Å². The first-order valence-corrected chi connectivity index (χ1v) is 6.16. The second-order valence-corrected chi connectivity index (χ2v) is 4.65. The molecule has 0 amide bonds. The Labute approximate surface area is 98.7 Å². The lowest BCUT2D eigenvalue weighted by Gasteiger charge is -2.08. The van der Waals surface area contributed by atoms with Crippen molar-refractivity contribution < 1.29 is 15.0 Å². The van der Waals surface area contributed by atoms with Gasteiger partial charge in [-0.2, -0.15) is 11.8 Å². The summed E-state index contributed by atoms with van der Waals surface area (Å²) in [5.74, 6) is 0.658. The van der Waals surface area contributed by atoms with E-state index in [-0.39, 0.29) is 18.2 Å². The van der Waals surface area contributed by atoms with E-state index >= 15 is 0 Å². The molecule has 16 heavy (non-hydrogen) atoms. The molecule has 5 heteroatoms. The van der Waals surface area contributed by atoms with Gasteiger partial charge in [0, 0.05) is 18.6 Å². The van der Waals surface area contributed by atoms with Crippen LogP contribution in [0.2, 0.25) is 0 Å². The van der Waals surface area contributed by atoms with Gasteiger partial charge < -0.3 is 10.2 Å². The molecule has 1 heterocycles. The minimum absolute atomic E-state index is 0.117. The lowest BCUT2D eigenvalue weighted by Crippen LogP contribution is -2.06. The van der Waals surface area contributed by atoms with Gasteiger partial charge in [0.2, 0.25) is 0 Å². The zero-order valence-corrected chi connectivity index (χ0v) is 9.91. The Balaban J connectivity index is 2.56. The summed E-state index contributed by atoms with van der Waals surface area (Å²) in [6.07, 6.45) is 1.48. The normalized spacial score (nSPS) is 12.4. The number of carbonyl (C=O) groups is 1. The number of nitrogens with zero attached hydrogens (tertiary/aromatic N) is 1. The molecule has 88 valence electrons. The molecule has 0 aliphatic rings. The molecule has 0 saturated heterocycles. The molecule has 1 aromatic heterocycles. The summed E-state index contributed by atoms with van der Waals surface area (Å²) in [5, 5.41) is 17.8. The molecule has 0 aliphatic heterocycles.